The first kappa shape index (κ1) is 10.5. The molecular weight excluding hydrogens is 164 g/mol. The third-order valence-corrected chi connectivity index (χ3v) is 2.61. The number of nitrogens with zero attached hydrogens (tertiary/aromatic N) is 2. The first-order valence-corrected chi connectivity index (χ1v) is 4.82. The second-order valence-corrected chi connectivity index (χ2v) is 4.93. The van der Waals surface area contributed by atoms with Gasteiger partial charge in [-0.05, 0) is 41.3 Å². The van der Waals surface area contributed by atoms with Gasteiger partial charge in [-0.2, -0.15) is 0 Å². The van der Waals surface area contributed by atoms with Crippen molar-refractivity contribution < 1.29 is 4.79 Å². The number of likely N-dealkylation sites (N-methyl/N-ethyl adjacent to an activating group) is 1. The summed E-state index contributed by atoms with van der Waals surface area (Å²) in [5, 5.41) is 0. The van der Waals surface area contributed by atoms with Gasteiger partial charge in [0, 0.05) is 12.1 Å². The Bertz CT molecular complexity index is 205. The second kappa shape index (κ2) is 3.29. The molecule has 0 aromatic carbocycles. The van der Waals surface area contributed by atoms with Crippen LogP contribution in [0.3, 0.4) is 0 Å². The molecule has 0 N–H and O–H groups in total. The van der Waals surface area contributed by atoms with Crippen LogP contribution < -0.4 is 0 Å². The fourth-order valence-electron chi connectivity index (χ4n) is 1.81. The lowest BCUT2D eigenvalue weighted by molar-refractivity contribution is -0.135. The van der Waals surface area contributed by atoms with Crippen molar-refractivity contribution >= 4 is 5.91 Å². The summed E-state index contributed by atoms with van der Waals surface area (Å²) in [5.74, 6) is 0.275. The number of hydrogen-bond donors (Lipinski definition) is 0. The third-order valence-electron chi connectivity index (χ3n) is 2.61. The van der Waals surface area contributed by atoms with Gasteiger partial charge in [-0.15, -0.1) is 0 Å². The molecular formula is C10H20N2O. The molecule has 1 fully saturated rings. The van der Waals surface area contributed by atoms with Crippen molar-refractivity contribution in [2.24, 2.45) is 0 Å². The van der Waals surface area contributed by atoms with Gasteiger partial charge in [0.1, 0.15) is 0 Å². The van der Waals surface area contributed by atoms with Gasteiger partial charge in [0.25, 0.3) is 0 Å². The minimum absolute atomic E-state index is 0.0259. The quantitative estimate of drug-likeness (QED) is 0.605. The number of hydrogen-bond acceptors (Lipinski definition) is 2. The van der Waals surface area contributed by atoms with E-state index in [1.165, 1.54) is 0 Å². The SMILES string of the molecule is CN(C)[C@H]1CCN(C(C)(C)C)C1=O. The van der Waals surface area contributed by atoms with E-state index in [-0.39, 0.29) is 17.5 Å². The predicted molar refractivity (Wildman–Crippen MR) is 53.6 cm³/mol. The summed E-state index contributed by atoms with van der Waals surface area (Å²) in [5.41, 5.74) is -0.0259. The Balaban J connectivity index is 2.72. The van der Waals surface area contributed by atoms with Gasteiger partial charge < -0.3 is 4.90 Å². The number of amides is 1. The van der Waals surface area contributed by atoms with Crippen molar-refractivity contribution in [3.8, 4) is 0 Å². The zero-order valence-electron chi connectivity index (χ0n) is 9.29. The Kier molecular flexibility index (Phi) is 2.66. The van der Waals surface area contributed by atoms with Gasteiger partial charge in [0.2, 0.25) is 5.91 Å². The number of carbonyl (C=O) groups is 1. The Morgan fingerprint density at radius 1 is 1.38 bits per heavy atom. The maximum Gasteiger partial charge on any atom is 0.240 e. The van der Waals surface area contributed by atoms with Gasteiger partial charge in [-0.1, -0.05) is 0 Å². The zero-order chi connectivity index (χ0) is 10.2. The maximum atomic E-state index is 11.9. The van der Waals surface area contributed by atoms with Crippen LogP contribution in [0.25, 0.3) is 0 Å². The molecule has 0 aromatic rings. The second-order valence-electron chi connectivity index (χ2n) is 4.93. The van der Waals surface area contributed by atoms with Crippen LogP contribution in [0.1, 0.15) is 27.2 Å². The van der Waals surface area contributed by atoms with Gasteiger partial charge in [-0.25, -0.2) is 0 Å². The average Bonchev–Trinajstić information content (AvgIpc) is 2.28. The van der Waals surface area contributed by atoms with Crippen molar-refractivity contribution in [2.75, 3.05) is 20.6 Å². The first-order chi connectivity index (χ1) is 5.84. The van der Waals surface area contributed by atoms with Crippen LogP contribution in [-0.2, 0) is 4.79 Å². The minimum atomic E-state index is -0.0259. The van der Waals surface area contributed by atoms with Crippen molar-refractivity contribution in [2.45, 2.75) is 38.8 Å². The summed E-state index contributed by atoms with van der Waals surface area (Å²) in [6, 6.07) is 0.0965. The fraction of sp³-hybridized carbons (Fsp3) is 0.900. The fourth-order valence-corrected chi connectivity index (χ4v) is 1.81. The van der Waals surface area contributed by atoms with Crippen molar-refractivity contribution in [3.05, 3.63) is 0 Å². The van der Waals surface area contributed by atoms with Crippen LogP contribution in [-0.4, -0.2) is 47.9 Å². The van der Waals surface area contributed by atoms with Gasteiger partial charge >= 0.3 is 0 Å². The molecule has 3 heteroatoms. The van der Waals surface area contributed by atoms with Crippen molar-refractivity contribution in [1.82, 2.24) is 9.80 Å². The molecule has 1 aliphatic rings. The largest absolute Gasteiger partial charge is 0.336 e. The van der Waals surface area contributed by atoms with E-state index in [2.05, 4.69) is 20.8 Å². The van der Waals surface area contributed by atoms with Gasteiger partial charge in [0.05, 0.1) is 6.04 Å². The van der Waals surface area contributed by atoms with Crippen LogP contribution in [0.5, 0.6) is 0 Å². The summed E-state index contributed by atoms with van der Waals surface area (Å²) >= 11 is 0. The molecule has 0 radical (unpaired) electrons. The van der Waals surface area contributed by atoms with E-state index >= 15 is 0 Å². The number of carbonyl (C=O) groups excluding carboxylic acids is 1. The Morgan fingerprint density at radius 2 is 1.92 bits per heavy atom. The molecule has 13 heavy (non-hydrogen) atoms. The molecule has 1 aliphatic heterocycles. The topological polar surface area (TPSA) is 23.6 Å². The highest BCUT2D eigenvalue weighted by molar-refractivity contribution is 5.84. The van der Waals surface area contributed by atoms with Gasteiger partial charge in [0.15, 0.2) is 0 Å². The van der Waals surface area contributed by atoms with E-state index in [1.54, 1.807) is 0 Å². The molecule has 0 unspecified atom stereocenters. The molecule has 3 nitrogen and oxygen atoms in total. The Hall–Kier alpha value is -0.570. The maximum absolute atomic E-state index is 11.9. The average molecular weight is 184 g/mol. The highest BCUT2D eigenvalue weighted by Crippen LogP contribution is 2.23. The monoisotopic (exact) mass is 184 g/mol. The third kappa shape index (κ3) is 2.02. The van der Waals surface area contributed by atoms with Gasteiger partial charge in [-0.3, -0.25) is 9.69 Å². The van der Waals surface area contributed by atoms with E-state index in [9.17, 15) is 4.79 Å². The molecule has 1 amide bonds. The van der Waals surface area contributed by atoms with E-state index < -0.39 is 0 Å². The molecule has 76 valence electrons. The van der Waals surface area contributed by atoms with E-state index in [0.717, 1.165) is 13.0 Å². The van der Waals surface area contributed by atoms with E-state index in [1.807, 2.05) is 23.9 Å². The lowest BCUT2D eigenvalue weighted by atomic mass is 10.1. The van der Waals surface area contributed by atoms with Crippen molar-refractivity contribution in [1.29, 1.82) is 0 Å². The van der Waals surface area contributed by atoms with Crippen LogP contribution in [0, 0.1) is 0 Å². The number of rotatable bonds is 1. The smallest absolute Gasteiger partial charge is 0.240 e. The highest BCUT2D eigenvalue weighted by atomic mass is 16.2. The Labute approximate surface area is 80.7 Å². The first-order valence-electron chi connectivity index (χ1n) is 4.82. The molecule has 1 heterocycles. The summed E-state index contributed by atoms with van der Waals surface area (Å²) in [4.78, 5) is 15.9. The normalized spacial score (nSPS) is 24.6. The summed E-state index contributed by atoms with van der Waals surface area (Å²) in [6.07, 6.45) is 0.961. The molecule has 0 bridgehead atoms. The zero-order valence-corrected chi connectivity index (χ0v) is 9.29. The van der Waals surface area contributed by atoms with Crippen LogP contribution in [0.4, 0.5) is 0 Å². The number of likely N-dealkylation sites (tertiary alicyclic amines) is 1. The van der Waals surface area contributed by atoms with Crippen LogP contribution >= 0.6 is 0 Å². The lowest BCUT2D eigenvalue weighted by Crippen LogP contribution is -2.46. The molecule has 0 aromatic heterocycles. The van der Waals surface area contributed by atoms with E-state index in [0.29, 0.717) is 0 Å². The standard InChI is InChI=1S/C10H20N2O/c1-10(2,3)12-7-6-8(9(12)13)11(4)5/h8H,6-7H2,1-5H3/t8-/m0/s1. The summed E-state index contributed by atoms with van der Waals surface area (Å²) < 4.78 is 0. The summed E-state index contributed by atoms with van der Waals surface area (Å²) in [7, 11) is 3.93. The predicted octanol–water partition coefficient (Wildman–Crippen LogP) is 0.947. The van der Waals surface area contributed by atoms with E-state index in [4.69, 9.17) is 0 Å². The van der Waals surface area contributed by atoms with Crippen LogP contribution in [0.15, 0.2) is 0 Å². The molecule has 0 saturated carbocycles. The molecule has 0 aliphatic carbocycles. The highest BCUT2D eigenvalue weighted by Gasteiger charge is 2.38. The summed E-state index contributed by atoms with van der Waals surface area (Å²) in [6.45, 7) is 7.15. The molecule has 1 rings (SSSR count). The van der Waals surface area contributed by atoms with Crippen LogP contribution in [0.2, 0.25) is 0 Å². The molecule has 1 saturated heterocycles. The van der Waals surface area contributed by atoms with Crippen molar-refractivity contribution in [3.63, 3.8) is 0 Å². The lowest BCUT2D eigenvalue weighted by Gasteiger charge is -2.32. The Morgan fingerprint density at radius 3 is 2.15 bits per heavy atom. The molecule has 1 atom stereocenters. The molecule has 0 spiro atoms. The minimum Gasteiger partial charge on any atom is -0.336 e.